The van der Waals surface area contributed by atoms with Gasteiger partial charge in [0.1, 0.15) is 0 Å². The van der Waals surface area contributed by atoms with E-state index in [1.807, 2.05) is 0 Å². The summed E-state index contributed by atoms with van der Waals surface area (Å²) in [6.07, 6.45) is 17.0. The van der Waals surface area contributed by atoms with Crippen LogP contribution in [0.2, 0.25) is 0 Å². The quantitative estimate of drug-likeness (QED) is 0.534. The van der Waals surface area contributed by atoms with Gasteiger partial charge in [-0.2, -0.15) is 0 Å². The van der Waals surface area contributed by atoms with Crippen LogP contribution < -0.4 is 0 Å². The molecule has 0 aromatic heterocycles. The fraction of sp³-hybridized carbons (Fsp3) is 1.00. The fourth-order valence-electron chi connectivity index (χ4n) is 3.63. The molecule has 2 unspecified atom stereocenters. The zero-order valence-electron chi connectivity index (χ0n) is 13.6. The van der Waals surface area contributed by atoms with E-state index < -0.39 is 0 Å². The normalized spacial score (nSPS) is 26.9. The van der Waals surface area contributed by atoms with Crippen LogP contribution in [-0.2, 0) is 0 Å². The van der Waals surface area contributed by atoms with Crippen molar-refractivity contribution in [3.63, 3.8) is 0 Å². The number of rotatable bonds is 11. The van der Waals surface area contributed by atoms with Crippen molar-refractivity contribution in [2.75, 3.05) is 6.61 Å². The summed E-state index contributed by atoms with van der Waals surface area (Å²) in [6, 6.07) is 0. The Labute approximate surface area is 126 Å². The molecule has 0 heterocycles. The summed E-state index contributed by atoms with van der Waals surface area (Å²) < 4.78 is 0. The molecule has 1 rings (SSSR count). The highest BCUT2D eigenvalue weighted by atomic mass is 16.3. The minimum absolute atomic E-state index is 0.167. The Hall–Kier alpha value is -0.0800. The van der Waals surface area contributed by atoms with E-state index in [2.05, 4.69) is 6.92 Å². The summed E-state index contributed by atoms with van der Waals surface area (Å²) in [7, 11) is 0. The summed E-state index contributed by atoms with van der Waals surface area (Å²) >= 11 is 0. The smallest absolute Gasteiger partial charge is 0.0618 e. The zero-order chi connectivity index (χ0) is 14.7. The average molecular weight is 284 g/mol. The molecule has 1 fully saturated rings. The van der Waals surface area contributed by atoms with E-state index in [0.717, 1.165) is 25.7 Å². The molecule has 2 atom stereocenters. The van der Waals surface area contributed by atoms with Gasteiger partial charge in [-0.1, -0.05) is 77.6 Å². The lowest BCUT2D eigenvalue weighted by atomic mass is 9.69. The second kappa shape index (κ2) is 10.6. The molecule has 20 heavy (non-hydrogen) atoms. The third-order valence-electron chi connectivity index (χ3n) is 5.20. The van der Waals surface area contributed by atoms with Crippen LogP contribution in [0.5, 0.6) is 0 Å². The Kier molecular flexibility index (Phi) is 9.54. The van der Waals surface area contributed by atoms with Crippen LogP contribution in [0, 0.1) is 5.41 Å². The predicted molar refractivity (Wildman–Crippen MR) is 85.8 cm³/mol. The van der Waals surface area contributed by atoms with Crippen LogP contribution in [0.25, 0.3) is 0 Å². The molecule has 0 aliphatic heterocycles. The van der Waals surface area contributed by atoms with Gasteiger partial charge < -0.3 is 10.2 Å². The Bertz CT molecular complexity index is 229. The first-order valence-electron chi connectivity index (χ1n) is 9.04. The number of hydrogen-bond donors (Lipinski definition) is 2. The molecular formula is C18H36O2. The average Bonchev–Trinajstić information content (AvgIpc) is 2.47. The van der Waals surface area contributed by atoms with Gasteiger partial charge in [0.15, 0.2) is 0 Å². The van der Waals surface area contributed by atoms with Crippen molar-refractivity contribution in [2.45, 2.75) is 103 Å². The molecule has 2 nitrogen and oxygen atoms in total. The number of aliphatic hydroxyl groups is 2. The van der Waals surface area contributed by atoms with Crippen LogP contribution in [0.1, 0.15) is 96.8 Å². The maximum atomic E-state index is 10.2. The van der Waals surface area contributed by atoms with Crippen LogP contribution in [0.4, 0.5) is 0 Å². The number of hydrogen-bond acceptors (Lipinski definition) is 2. The summed E-state index contributed by atoms with van der Waals surface area (Å²) in [5, 5.41) is 19.9. The molecule has 0 aromatic carbocycles. The Morgan fingerprint density at radius 3 is 2.05 bits per heavy atom. The highest BCUT2D eigenvalue weighted by molar-refractivity contribution is 4.89. The molecule has 0 bridgehead atoms. The lowest BCUT2D eigenvalue weighted by Gasteiger charge is -2.40. The topological polar surface area (TPSA) is 40.5 Å². The molecule has 2 heteroatoms. The molecule has 1 saturated carbocycles. The molecule has 1 aliphatic rings. The lowest BCUT2D eigenvalue weighted by molar-refractivity contribution is -0.0542. The van der Waals surface area contributed by atoms with Gasteiger partial charge in [0.2, 0.25) is 0 Å². The molecular weight excluding hydrogens is 248 g/mol. The molecule has 0 spiro atoms. The van der Waals surface area contributed by atoms with E-state index in [-0.39, 0.29) is 18.1 Å². The second-order valence-corrected chi connectivity index (χ2v) is 6.86. The van der Waals surface area contributed by atoms with E-state index in [0.29, 0.717) is 0 Å². The minimum atomic E-state index is -0.268. The van der Waals surface area contributed by atoms with Crippen molar-refractivity contribution in [1.82, 2.24) is 0 Å². The van der Waals surface area contributed by atoms with E-state index in [1.54, 1.807) is 0 Å². The first-order valence-corrected chi connectivity index (χ1v) is 9.04. The molecule has 0 saturated heterocycles. The van der Waals surface area contributed by atoms with E-state index >= 15 is 0 Å². The standard InChI is InChI=1S/C18H36O2/c1-2-3-4-5-6-7-8-9-11-14-18(16-19)15-12-10-13-17(18)20/h17,19-20H,2-16H2,1H3. The third kappa shape index (κ3) is 6.13. The minimum Gasteiger partial charge on any atom is -0.396 e. The van der Waals surface area contributed by atoms with Crippen molar-refractivity contribution in [1.29, 1.82) is 0 Å². The summed E-state index contributed by atoms with van der Waals surface area (Å²) in [5.41, 5.74) is -0.167. The van der Waals surface area contributed by atoms with E-state index in [1.165, 1.54) is 64.2 Å². The Morgan fingerprint density at radius 2 is 1.50 bits per heavy atom. The largest absolute Gasteiger partial charge is 0.396 e. The predicted octanol–water partition coefficient (Wildman–Crippen LogP) is 4.82. The van der Waals surface area contributed by atoms with Crippen LogP contribution in [-0.4, -0.2) is 22.9 Å². The zero-order valence-corrected chi connectivity index (χ0v) is 13.6. The van der Waals surface area contributed by atoms with Crippen molar-refractivity contribution in [3.8, 4) is 0 Å². The monoisotopic (exact) mass is 284 g/mol. The van der Waals surface area contributed by atoms with Crippen molar-refractivity contribution >= 4 is 0 Å². The van der Waals surface area contributed by atoms with Gasteiger partial charge in [0, 0.05) is 5.41 Å². The Balaban J connectivity index is 2.04. The van der Waals surface area contributed by atoms with Gasteiger partial charge in [-0.25, -0.2) is 0 Å². The van der Waals surface area contributed by atoms with E-state index in [9.17, 15) is 10.2 Å². The van der Waals surface area contributed by atoms with Gasteiger partial charge >= 0.3 is 0 Å². The van der Waals surface area contributed by atoms with Gasteiger partial charge in [-0.3, -0.25) is 0 Å². The van der Waals surface area contributed by atoms with Gasteiger partial charge in [-0.15, -0.1) is 0 Å². The molecule has 0 amide bonds. The highest BCUT2D eigenvalue weighted by Crippen LogP contribution is 2.40. The van der Waals surface area contributed by atoms with Crippen LogP contribution >= 0.6 is 0 Å². The maximum Gasteiger partial charge on any atom is 0.0618 e. The first kappa shape index (κ1) is 18.0. The summed E-state index contributed by atoms with van der Waals surface area (Å²) in [6.45, 7) is 2.43. The molecule has 120 valence electrons. The van der Waals surface area contributed by atoms with Gasteiger partial charge in [-0.05, 0) is 19.3 Å². The van der Waals surface area contributed by atoms with Crippen molar-refractivity contribution < 1.29 is 10.2 Å². The number of unbranched alkanes of at least 4 members (excludes halogenated alkanes) is 8. The molecule has 1 aliphatic carbocycles. The second-order valence-electron chi connectivity index (χ2n) is 6.86. The van der Waals surface area contributed by atoms with Crippen molar-refractivity contribution in [2.24, 2.45) is 5.41 Å². The van der Waals surface area contributed by atoms with Crippen LogP contribution in [0.15, 0.2) is 0 Å². The first-order chi connectivity index (χ1) is 9.75. The fourth-order valence-corrected chi connectivity index (χ4v) is 3.63. The van der Waals surface area contributed by atoms with Crippen LogP contribution in [0.3, 0.4) is 0 Å². The van der Waals surface area contributed by atoms with E-state index in [4.69, 9.17) is 0 Å². The van der Waals surface area contributed by atoms with Gasteiger partial charge in [0.25, 0.3) is 0 Å². The molecule has 0 radical (unpaired) electrons. The molecule has 2 N–H and O–H groups in total. The Morgan fingerprint density at radius 1 is 0.900 bits per heavy atom. The third-order valence-corrected chi connectivity index (χ3v) is 5.20. The van der Waals surface area contributed by atoms with Crippen molar-refractivity contribution in [3.05, 3.63) is 0 Å². The SMILES string of the molecule is CCCCCCCCCCCC1(CO)CCCCC1O. The summed E-state index contributed by atoms with van der Waals surface area (Å²) in [5.74, 6) is 0. The molecule has 0 aromatic rings. The lowest BCUT2D eigenvalue weighted by Crippen LogP contribution is -2.41. The maximum absolute atomic E-state index is 10.2. The summed E-state index contributed by atoms with van der Waals surface area (Å²) in [4.78, 5) is 0. The van der Waals surface area contributed by atoms with Gasteiger partial charge in [0.05, 0.1) is 12.7 Å². The number of aliphatic hydroxyl groups excluding tert-OH is 2. The highest BCUT2D eigenvalue weighted by Gasteiger charge is 2.38.